The third-order valence-corrected chi connectivity index (χ3v) is 7.02. The highest BCUT2D eigenvalue weighted by molar-refractivity contribution is 5.78. The van der Waals surface area contributed by atoms with Crippen molar-refractivity contribution in [2.24, 2.45) is 11.8 Å². The van der Waals surface area contributed by atoms with Crippen molar-refractivity contribution in [1.29, 1.82) is 0 Å². The van der Waals surface area contributed by atoms with E-state index in [-0.39, 0.29) is 5.92 Å². The Labute approximate surface area is 170 Å². The van der Waals surface area contributed by atoms with Gasteiger partial charge < -0.3 is 15.1 Å². The van der Waals surface area contributed by atoms with E-state index in [1.807, 2.05) is 0 Å². The molecule has 4 rings (SSSR count). The maximum absolute atomic E-state index is 12.3. The van der Waals surface area contributed by atoms with Crippen molar-refractivity contribution in [3.8, 4) is 0 Å². The predicted octanol–water partition coefficient (Wildman–Crippen LogP) is 3.32. The lowest BCUT2D eigenvalue weighted by Crippen LogP contribution is -2.49. The van der Waals surface area contributed by atoms with Crippen molar-refractivity contribution < 1.29 is 4.79 Å². The zero-order valence-electron chi connectivity index (χ0n) is 17.3. The summed E-state index contributed by atoms with van der Waals surface area (Å²) in [5.41, 5.74) is 1.46. The Balaban J connectivity index is 1.10. The van der Waals surface area contributed by atoms with Crippen LogP contribution in [0.1, 0.15) is 50.5 Å². The smallest absolute Gasteiger partial charge is 0.223 e. The molecule has 1 aromatic rings. The third kappa shape index (κ3) is 5.81. The number of nitrogens with zero attached hydrogens (tertiary/aromatic N) is 2. The molecule has 28 heavy (non-hydrogen) atoms. The van der Waals surface area contributed by atoms with Gasteiger partial charge in [0, 0.05) is 18.5 Å². The lowest BCUT2D eigenvalue weighted by molar-refractivity contribution is -0.126. The monoisotopic (exact) mass is 383 g/mol. The van der Waals surface area contributed by atoms with Gasteiger partial charge in [0.1, 0.15) is 0 Å². The van der Waals surface area contributed by atoms with Gasteiger partial charge in [0.15, 0.2) is 0 Å². The molecule has 2 saturated heterocycles. The Kier molecular flexibility index (Phi) is 7.03. The Bertz CT molecular complexity index is 600. The van der Waals surface area contributed by atoms with E-state index in [0.29, 0.717) is 5.91 Å². The largest absolute Gasteiger partial charge is 0.356 e. The molecule has 0 unspecified atom stereocenters. The summed E-state index contributed by atoms with van der Waals surface area (Å²) in [5, 5.41) is 3.18. The number of rotatable bonds is 8. The molecule has 4 nitrogen and oxygen atoms in total. The molecule has 0 radical (unpaired) electrons. The van der Waals surface area contributed by atoms with Gasteiger partial charge >= 0.3 is 0 Å². The van der Waals surface area contributed by atoms with Crippen LogP contribution in [0.4, 0.5) is 0 Å². The van der Waals surface area contributed by atoms with Gasteiger partial charge in [-0.3, -0.25) is 4.79 Å². The Morgan fingerprint density at radius 1 is 0.929 bits per heavy atom. The SMILES string of the molecule is O=C(NCC1CC1)C1CCN(C2CCN(CCCc3ccccc3)CC2)CC1. The van der Waals surface area contributed by atoms with Crippen LogP contribution in [-0.2, 0) is 11.2 Å². The van der Waals surface area contributed by atoms with Gasteiger partial charge in [0.2, 0.25) is 5.91 Å². The van der Waals surface area contributed by atoms with Crippen LogP contribution in [0, 0.1) is 11.8 Å². The van der Waals surface area contributed by atoms with E-state index >= 15 is 0 Å². The first-order chi connectivity index (χ1) is 13.8. The molecule has 2 heterocycles. The van der Waals surface area contributed by atoms with Crippen molar-refractivity contribution in [1.82, 2.24) is 15.1 Å². The molecule has 154 valence electrons. The molecule has 4 heteroatoms. The zero-order chi connectivity index (χ0) is 19.2. The van der Waals surface area contributed by atoms with E-state index in [2.05, 4.69) is 45.4 Å². The maximum Gasteiger partial charge on any atom is 0.223 e. The highest BCUT2D eigenvalue weighted by atomic mass is 16.1. The van der Waals surface area contributed by atoms with E-state index in [0.717, 1.165) is 44.4 Å². The van der Waals surface area contributed by atoms with E-state index in [1.54, 1.807) is 0 Å². The molecular weight excluding hydrogens is 346 g/mol. The van der Waals surface area contributed by atoms with E-state index < -0.39 is 0 Å². The zero-order valence-corrected chi connectivity index (χ0v) is 17.3. The van der Waals surface area contributed by atoms with Crippen LogP contribution in [0.3, 0.4) is 0 Å². The molecular formula is C24H37N3O. The average Bonchev–Trinajstić information content (AvgIpc) is 3.58. The van der Waals surface area contributed by atoms with Crippen molar-refractivity contribution in [2.75, 3.05) is 39.3 Å². The standard InChI is InChI=1S/C24H37N3O/c28-24(25-19-21-8-9-21)22-10-17-27(18-11-22)23-12-15-26(16-13-23)14-4-7-20-5-2-1-3-6-20/h1-3,5-6,21-23H,4,7-19H2,(H,25,28). The first-order valence-electron chi connectivity index (χ1n) is 11.6. The number of likely N-dealkylation sites (tertiary alicyclic amines) is 2. The molecule has 3 fully saturated rings. The molecule has 0 bridgehead atoms. The number of aryl methyl sites for hydroxylation is 1. The molecule has 1 aliphatic carbocycles. The minimum absolute atomic E-state index is 0.257. The Morgan fingerprint density at radius 3 is 2.32 bits per heavy atom. The minimum Gasteiger partial charge on any atom is -0.356 e. The summed E-state index contributed by atoms with van der Waals surface area (Å²) < 4.78 is 0. The molecule has 1 aromatic carbocycles. The van der Waals surface area contributed by atoms with Crippen LogP contribution in [0.5, 0.6) is 0 Å². The number of amides is 1. The van der Waals surface area contributed by atoms with E-state index in [9.17, 15) is 4.79 Å². The summed E-state index contributed by atoms with van der Waals surface area (Å²) in [7, 11) is 0. The maximum atomic E-state index is 12.3. The van der Waals surface area contributed by atoms with Crippen LogP contribution >= 0.6 is 0 Å². The number of piperidine rings is 2. The molecule has 1 amide bonds. The highest BCUT2D eigenvalue weighted by Gasteiger charge is 2.31. The fraction of sp³-hybridized carbons (Fsp3) is 0.708. The van der Waals surface area contributed by atoms with Crippen molar-refractivity contribution in [3.05, 3.63) is 35.9 Å². The third-order valence-electron chi connectivity index (χ3n) is 7.02. The summed E-state index contributed by atoms with van der Waals surface area (Å²) in [6.45, 7) is 6.84. The van der Waals surface area contributed by atoms with Crippen molar-refractivity contribution >= 4 is 5.91 Å². The normalized spacial score (nSPS) is 23.0. The second-order valence-corrected chi connectivity index (χ2v) is 9.16. The van der Waals surface area contributed by atoms with Gasteiger partial charge in [0.05, 0.1) is 0 Å². The van der Waals surface area contributed by atoms with Gasteiger partial charge in [-0.2, -0.15) is 0 Å². The van der Waals surface area contributed by atoms with Crippen LogP contribution in [0.15, 0.2) is 30.3 Å². The van der Waals surface area contributed by atoms with Gasteiger partial charge in [-0.25, -0.2) is 0 Å². The number of hydrogen-bond donors (Lipinski definition) is 1. The number of hydrogen-bond acceptors (Lipinski definition) is 3. The Hall–Kier alpha value is -1.39. The summed E-state index contributed by atoms with van der Waals surface area (Å²) in [6.07, 6.45) is 9.76. The predicted molar refractivity (Wildman–Crippen MR) is 114 cm³/mol. The number of nitrogens with one attached hydrogen (secondary N) is 1. The van der Waals surface area contributed by atoms with Crippen molar-refractivity contribution in [3.63, 3.8) is 0 Å². The fourth-order valence-corrected chi connectivity index (χ4v) is 4.90. The van der Waals surface area contributed by atoms with Crippen molar-refractivity contribution in [2.45, 2.75) is 57.4 Å². The number of carbonyl (C=O) groups is 1. The number of benzene rings is 1. The van der Waals surface area contributed by atoms with Crippen LogP contribution in [0.2, 0.25) is 0 Å². The molecule has 1 saturated carbocycles. The second-order valence-electron chi connectivity index (χ2n) is 9.16. The molecule has 3 aliphatic rings. The topological polar surface area (TPSA) is 35.6 Å². The summed E-state index contributed by atoms with van der Waals surface area (Å²) in [4.78, 5) is 17.6. The fourth-order valence-electron chi connectivity index (χ4n) is 4.90. The molecule has 2 aliphatic heterocycles. The van der Waals surface area contributed by atoms with Gasteiger partial charge in [0.25, 0.3) is 0 Å². The molecule has 1 N–H and O–H groups in total. The lowest BCUT2D eigenvalue weighted by Gasteiger charge is -2.41. The Morgan fingerprint density at radius 2 is 1.64 bits per heavy atom. The molecule has 0 spiro atoms. The quantitative estimate of drug-likeness (QED) is 0.748. The van der Waals surface area contributed by atoms with Crippen LogP contribution in [0.25, 0.3) is 0 Å². The van der Waals surface area contributed by atoms with Crippen LogP contribution < -0.4 is 5.32 Å². The molecule has 0 aromatic heterocycles. The summed E-state index contributed by atoms with van der Waals surface area (Å²) >= 11 is 0. The molecule has 0 atom stereocenters. The summed E-state index contributed by atoms with van der Waals surface area (Å²) in [6, 6.07) is 11.6. The summed E-state index contributed by atoms with van der Waals surface area (Å²) in [5.74, 6) is 1.36. The van der Waals surface area contributed by atoms with Gasteiger partial charge in [-0.15, -0.1) is 0 Å². The average molecular weight is 384 g/mol. The minimum atomic E-state index is 0.257. The second kappa shape index (κ2) is 9.89. The van der Waals surface area contributed by atoms with Crippen LogP contribution in [-0.4, -0.2) is 61.0 Å². The lowest BCUT2D eigenvalue weighted by atomic mass is 9.92. The first-order valence-corrected chi connectivity index (χ1v) is 11.6. The van der Waals surface area contributed by atoms with E-state index in [1.165, 1.54) is 63.7 Å². The highest BCUT2D eigenvalue weighted by Crippen LogP contribution is 2.28. The first kappa shape index (κ1) is 19.9. The van der Waals surface area contributed by atoms with Gasteiger partial charge in [-0.05, 0) is 95.6 Å². The number of carbonyl (C=O) groups excluding carboxylic acids is 1. The van der Waals surface area contributed by atoms with E-state index in [4.69, 9.17) is 0 Å². The van der Waals surface area contributed by atoms with Gasteiger partial charge in [-0.1, -0.05) is 30.3 Å².